The lowest BCUT2D eigenvalue weighted by atomic mass is 9.99. The van der Waals surface area contributed by atoms with Crippen molar-refractivity contribution in [2.24, 2.45) is 5.92 Å². The fourth-order valence-electron chi connectivity index (χ4n) is 1.89. The summed E-state index contributed by atoms with van der Waals surface area (Å²) in [5, 5.41) is 8.76. The second kappa shape index (κ2) is 4.68. The Morgan fingerprint density at radius 2 is 1.78 bits per heavy atom. The molecule has 0 atom stereocenters. The normalized spacial score (nSPS) is 15.1. The van der Waals surface area contributed by atoms with Crippen LogP contribution in [0.3, 0.4) is 0 Å². The molecule has 1 aromatic rings. The highest BCUT2D eigenvalue weighted by Gasteiger charge is 2.35. The summed E-state index contributed by atoms with van der Waals surface area (Å²) in [6, 6.07) is 7.29. The first kappa shape index (κ1) is 12.4. The first-order valence-electron chi connectivity index (χ1n) is 5.78. The van der Waals surface area contributed by atoms with E-state index in [-0.39, 0.29) is 5.91 Å². The van der Waals surface area contributed by atoms with Gasteiger partial charge in [-0.15, -0.1) is 0 Å². The van der Waals surface area contributed by atoms with E-state index in [0.717, 1.165) is 5.69 Å². The van der Waals surface area contributed by atoms with Crippen LogP contribution in [0.1, 0.15) is 10.4 Å². The number of rotatable bonds is 3. The van der Waals surface area contributed by atoms with E-state index in [4.69, 9.17) is 5.11 Å². The van der Waals surface area contributed by atoms with Gasteiger partial charge in [-0.3, -0.25) is 9.59 Å². The molecule has 1 heterocycles. The van der Waals surface area contributed by atoms with Gasteiger partial charge in [0.25, 0.3) is 5.91 Å². The molecule has 2 rings (SSSR count). The zero-order valence-corrected chi connectivity index (χ0v) is 10.5. The molecule has 96 valence electrons. The van der Waals surface area contributed by atoms with E-state index in [2.05, 4.69) is 0 Å². The van der Waals surface area contributed by atoms with E-state index >= 15 is 0 Å². The Labute approximate surface area is 106 Å². The molecule has 0 aromatic heterocycles. The molecule has 5 nitrogen and oxygen atoms in total. The van der Waals surface area contributed by atoms with Crippen molar-refractivity contribution >= 4 is 17.6 Å². The smallest absolute Gasteiger partial charge is 0.310 e. The van der Waals surface area contributed by atoms with Gasteiger partial charge in [-0.25, -0.2) is 0 Å². The molecule has 1 amide bonds. The van der Waals surface area contributed by atoms with Crippen LogP contribution in [0.5, 0.6) is 0 Å². The summed E-state index contributed by atoms with van der Waals surface area (Å²) < 4.78 is 0. The Bertz CT molecular complexity index is 462. The maximum absolute atomic E-state index is 12.0. The lowest BCUT2D eigenvalue weighted by Crippen LogP contribution is -2.53. The van der Waals surface area contributed by atoms with E-state index in [9.17, 15) is 9.59 Å². The van der Waals surface area contributed by atoms with Crippen molar-refractivity contribution < 1.29 is 14.7 Å². The molecule has 1 aliphatic rings. The third-order valence-corrected chi connectivity index (χ3v) is 3.15. The number of anilines is 1. The standard InChI is InChI=1S/C13H16N2O3/c1-14(2)11-5-3-9(4-6-11)12(16)15-7-10(8-15)13(17)18/h3-6,10H,7-8H2,1-2H3,(H,17,18). The topological polar surface area (TPSA) is 60.9 Å². The highest BCUT2D eigenvalue weighted by Crippen LogP contribution is 2.20. The molecule has 1 aromatic carbocycles. The van der Waals surface area contributed by atoms with Crippen LogP contribution in [0.15, 0.2) is 24.3 Å². The maximum Gasteiger partial charge on any atom is 0.310 e. The van der Waals surface area contributed by atoms with Gasteiger partial charge in [0.15, 0.2) is 0 Å². The minimum Gasteiger partial charge on any atom is -0.481 e. The van der Waals surface area contributed by atoms with Gasteiger partial charge >= 0.3 is 5.97 Å². The van der Waals surface area contributed by atoms with Crippen LogP contribution in [0.2, 0.25) is 0 Å². The van der Waals surface area contributed by atoms with E-state index in [1.54, 1.807) is 17.0 Å². The highest BCUT2D eigenvalue weighted by atomic mass is 16.4. The van der Waals surface area contributed by atoms with Crippen LogP contribution in [-0.4, -0.2) is 49.1 Å². The van der Waals surface area contributed by atoms with E-state index in [1.807, 2.05) is 31.1 Å². The molecule has 0 radical (unpaired) electrons. The molecule has 0 saturated carbocycles. The van der Waals surface area contributed by atoms with Crippen molar-refractivity contribution in [3.63, 3.8) is 0 Å². The maximum atomic E-state index is 12.0. The van der Waals surface area contributed by atoms with Gasteiger partial charge in [-0.1, -0.05) is 0 Å². The number of aliphatic carboxylic acids is 1. The van der Waals surface area contributed by atoms with Gasteiger partial charge in [0.05, 0.1) is 5.92 Å². The van der Waals surface area contributed by atoms with Crippen molar-refractivity contribution in [1.82, 2.24) is 4.90 Å². The molecule has 0 spiro atoms. The predicted molar refractivity (Wildman–Crippen MR) is 67.8 cm³/mol. The average Bonchev–Trinajstić information content (AvgIpc) is 2.26. The number of carboxylic acid groups (broad SMARTS) is 1. The Morgan fingerprint density at radius 1 is 1.22 bits per heavy atom. The van der Waals surface area contributed by atoms with Crippen molar-refractivity contribution in [3.05, 3.63) is 29.8 Å². The summed E-state index contributed by atoms with van der Waals surface area (Å²) in [4.78, 5) is 26.2. The van der Waals surface area contributed by atoms with Gasteiger partial charge in [0.2, 0.25) is 0 Å². The zero-order chi connectivity index (χ0) is 13.3. The number of carboxylic acids is 1. The molecular weight excluding hydrogens is 232 g/mol. The second-order valence-electron chi connectivity index (χ2n) is 4.69. The molecular formula is C13H16N2O3. The van der Waals surface area contributed by atoms with E-state index in [1.165, 1.54) is 0 Å². The Morgan fingerprint density at radius 3 is 2.22 bits per heavy atom. The number of benzene rings is 1. The third-order valence-electron chi connectivity index (χ3n) is 3.15. The average molecular weight is 248 g/mol. The number of carbonyl (C=O) groups is 2. The molecule has 0 aliphatic carbocycles. The zero-order valence-electron chi connectivity index (χ0n) is 10.5. The summed E-state index contributed by atoms with van der Waals surface area (Å²) in [7, 11) is 3.87. The van der Waals surface area contributed by atoms with Crippen molar-refractivity contribution in [2.45, 2.75) is 0 Å². The number of hydrogen-bond acceptors (Lipinski definition) is 3. The van der Waals surface area contributed by atoms with E-state index in [0.29, 0.717) is 18.7 Å². The highest BCUT2D eigenvalue weighted by molar-refractivity contribution is 5.96. The minimum absolute atomic E-state index is 0.0993. The number of hydrogen-bond donors (Lipinski definition) is 1. The summed E-state index contributed by atoms with van der Waals surface area (Å²) >= 11 is 0. The molecule has 18 heavy (non-hydrogen) atoms. The Balaban J connectivity index is 2.00. The van der Waals surface area contributed by atoms with Crippen molar-refractivity contribution in [3.8, 4) is 0 Å². The Kier molecular flexibility index (Phi) is 3.23. The molecule has 1 fully saturated rings. The summed E-state index contributed by atoms with van der Waals surface area (Å²) in [6.07, 6.45) is 0. The molecule has 1 saturated heterocycles. The number of carbonyl (C=O) groups excluding carboxylic acids is 1. The first-order valence-corrected chi connectivity index (χ1v) is 5.78. The quantitative estimate of drug-likeness (QED) is 0.863. The van der Waals surface area contributed by atoms with Crippen LogP contribution in [0.4, 0.5) is 5.69 Å². The molecule has 1 aliphatic heterocycles. The predicted octanol–water partition coefficient (Wildman–Crippen LogP) is 0.909. The lowest BCUT2D eigenvalue weighted by Gasteiger charge is -2.36. The summed E-state index contributed by atoms with van der Waals surface area (Å²) in [5.74, 6) is -1.34. The largest absolute Gasteiger partial charge is 0.481 e. The SMILES string of the molecule is CN(C)c1ccc(C(=O)N2CC(C(=O)O)C2)cc1. The Hall–Kier alpha value is -2.04. The minimum atomic E-state index is -0.831. The molecule has 1 N–H and O–H groups in total. The lowest BCUT2D eigenvalue weighted by molar-refractivity contribution is -0.146. The number of nitrogens with zero attached hydrogens (tertiary/aromatic N) is 2. The van der Waals surface area contributed by atoms with Crippen molar-refractivity contribution in [1.29, 1.82) is 0 Å². The van der Waals surface area contributed by atoms with Crippen LogP contribution < -0.4 is 4.90 Å². The van der Waals surface area contributed by atoms with Gasteiger partial charge < -0.3 is 14.9 Å². The van der Waals surface area contributed by atoms with E-state index < -0.39 is 11.9 Å². The van der Waals surface area contributed by atoms with Gasteiger partial charge in [-0.2, -0.15) is 0 Å². The van der Waals surface area contributed by atoms with Crippen LogP contribution in [-0.2, 0) is 4.79 Å². The van der Waals surface area contributed by atoms with Gasteiger partial charge in [0.1, 0.15) is 0 Å². The van der Waals surface area contributed by atoms with Crippen LogP contribution in [0, 0.1) is 5.92 Å². The third kappa shape index (κ3) is 2.30. The number of likely N-dealkylation sites (tertiary alicyclic amines) is 1. The monoisotopic (exact) mass is 248 g/mol. The van der Waals surface area contributed by atoms with Gasteiger partial charge in [-0.05, 0) is 24.3 Å². The molecule has 5 heteroatoms. The molecule has 0 unspecified atom stereocenters. The second-order valence-corrected chi connectivity index (χ2v) is 4.69. The molecule has 0 bridgehead atoms. The van der Waals surface area contributed by atoms with Crippen molar-refractivity contribution in [2.75, 3.05) is 32.1 Å². The summed E-state index contributed by atoms with van der Waals surface area (Å²) in [5.41, 5.74) is 1.63. The number of amides is 1. The fraction of sp³-hybridized carbons (Fsp3) is 0.385. The van der Waals surface area contributed by atoms with Crippen LogP contribution in [0.25, 0.3) is 0 Å². The summed E-state index contributed by atoms with van der Waals surface area (Å²) in [6.45, 7) is 0.618. The van der Waals surface area contributed by atoms with Crippen LogP contribution >= 0.6 is 0 Å². The fourth-order valence-corrected chi connectivity index (χ4v) is 1.89. The van der Waals surface area contributed by atoms with Gasteiger partial charge in [0, 0.05) is 38.4 Å². The first-order chi connectivity index (χ1) is 8.49.